The molecule has 0 saturated heterocycles. The van der Waals surface area contributed by atoms with Crippen LogP contribution in [0.1, 0.15) is 57.9 Å². The van der Waals surface area contributed by atoms with E-state index in [1.165, 1.54) is 23.4 Å². The lowest BCUT2D eigenvalue weighted by atomic mass is 9.98. The average molecular weight is 965 g/mol. The molecule has 24 nitrogen and oxygen atoms in total. The van der Waals surface area contributed by atoms with E-state index in [4.69, 9.17) is 49.5 Å². The number of fused-ring (bicyclic) bond motifs is 2. The highest BCUT2D eigenvalue weighted by atomic mass is 31.2. The number of methoxy groups -OCH3 is 2. The molecule has 4 heterocycles. The van der Waals surface area contributed by atoms with Gasteiger partial charge in [-0.25, -0.2) is 9.59 Å². The van der Waals surface area contributed by atoms with Crippen LogP contribution in [-0.4, -0.2) is 107 Å². The number of benzene rings is 2. The second-order valence-electron chi connectivity index (χ2n) is 15.1. The first kappa shape index (κ1) is 54.4. The highest BCUT2D eigenvalue weighted by Crippen LogP contribution is 2.46. The fourth-order valence-corrected chi connectivity index (χ4v) is 7.47. The van der Waals surface area contributed by atoms with E-state index in [0.717, 1.165) is 0 Å². The number of hydrogen-bond donors (Lipinski definition) is 7. The van der Waals surface area contributed by atoms with Crippen molar-refractivity contribution in [3.8, 4) is 12.0 Å². The molecule has 0 radical (unpaired) electrons. The SMILES string of the molecule is C.C.COCCOc1nc(N)c2[nH]c(=O)n(Cc3cccc(CP(=O)(O)O)c3)c2n1.COCCOc1nc(N)c2[nH]c(=O)n(Cc3cccc(CP(=O)(O)OCOC(=O)C(C)(C)C)c3)c2n1. The van der Waals surface area contributed by atoms with Crippen LogP contribution >= 0.6 is 15.2 Å². The van der Waals surface area contributed by atoms with Crippen LogP contribution in [0.4, 0.5) is 11.6 Å². The van der Waals surface area contributed by atoms with Crippen molar-refractivity contribution in [3.05, 3.63) is 91.8 Å². The fraction of sp³-hybridized carbons (Fsp3) is 0.425. The number of ether oxygens (including phenoxy) is 5. The minimum absolute atomic E-state index is 0. The van der Waals surface area contributed by atoms with Crippen molar-refractivity contribution < 1.29 is 56.8 Å². The van der Waals surface area contributed by atoms with Gasteiger partial charge in [-0.1, -0.05) is 63.4 Å². The molecule has 0 aliphatic heterocycles. The molecular formula is C40H58N10O14P2. The summed E-state index contributed by atoms with van der Waals surface area (Å²) in [5, 5.41) is 0. The number of aromatic nitrogens is 8. The molecule has 0 fully saturated rings. The molecule has 0 aliphatic carbocycles. The Balaban J connectivity index is 0.000000350. The molecule has 1 atom stereocenters. The Morgan fingerprint density at radius 1 is 0.697 bits per heavy atom. The summed E-state index contributed by atoms with van der Waals surface area (Å²) in [6.45, 7) is 5.67. The standard InChI is InChI=1S/C22H30N5O8P.C16H20N5O6P.2CH4/c1-22(2,3)19(28)34-13-35-36(30,31)12-15-7-5-6-14(10-15)11-27-18-16(24-21(27)29)17(23)25-20(26-18)33-9-8-32-4;1-26-5-6-27-15-19-13(17)12-14(20-15)21(16(22)18-12)8-10-3-2-4-11(7-10)9-28(23,24)25;;/h5-7,10H,8-9,11-13H2,1-4H3,(H,24,29)(H,30,31)(H2,23,25,26);2-4,7H,5-6,8-9H2,1H3,(H,18,22)(H2,17,19,20)(H2,23,24,25);2*1H4. The predicted octanol–water partition coefficient (Wildman–Crippen LogP) is 3.75. The number of esters is 1. The number of imidazole rings is 2. The maximum Gasteiger partial charge on any atom is 0.335 e. The molecule has 6 aromatic rings. The van der Waals surface area contributed by atoms with Gasteiger partial charge in [0.15, 0.2) is 22.9 Å². The van der Waals surface area contributed by atoms with Crippen molar-refractivity contribution in [2.45, 2.75) is 61.0 Å². The first-order valence-corrected chi connectivity index (χ1v) is 22.8. The Labute approximate surface area is 379 Å². The van der Waals surface area contributed by atoms with Gasteiger partial charge >= 0.3 is 44.6 Å². The highest BCUT2D eigenvalue weighted by molar-refractivity contribution is 7.52. The van der Waals surface area contributed by atoms with E-state index in [9.17, 15) is 28.4 Å². The van der Waals surface area contributed by atoms with E-state index in [2.05, 4.69) is 29.9 Å². The monoisotopic (exact) mass is 964 g/mol. The van der Waals surface area contributed by atoms with E-state index in [0.29, 0.717) is 35.5 Å². The average Bonchev–Trinajstić information content (AvgIpc) is 3.69. The summed E-state index contributed by atoms with van der Waals surface area (Å²) < 4.78 is 56.9. The van der Waals surface area contributed by atoms with Crippen molar-refractivity contribution in [1.29, 1.82) is 0 Å². The van der Waals surface area contributed by atoms with Gasteiger partial charge in [-0.15, -0.1) is 0 Å². The van der Waals surface area contributed by atoms with Crippen LogP contribution in [0.2, 0.25) is 0 Å². The summed E-state index contributed by atoms with van der Waals surface area (Å²) >= 11 is 0. The van der Waals surface area contributed by atoms with Crippen LogP contribution in [-0.2, 0) is 58.1 Å². The van der Waals surface area contributed by atoms with Gasteiger partial charge in [0.2, 0.25) is 6.79 Å². The summed E-state index contributed by atoms with van der Waals surface area (Å²) in [5.74, 6) is -0.420. The molecule has 66 heavy (non-hydrogen) atoms. The molecule has 0 spiro atoms. The predicted molar refractivity (Wildman–Crippen MR) is 245 cm³/mol. The molecule has 9 N–H and O–H groups in total. The maximum absolute atomic E-state index is 12.6. The van der Waals surface area contributed by atoms with Gasteiger partial charge in [0.1, 0.15) is 24.2 Å². The second kappa shape index (κ2) is 23.5. The first-order valence-electron chi connectivity index (χ1n) is 19.3. The van der Waals surface area contributed by atoms with Crippen LogP contribution in [0.25, 0.3) is 22.3 Å². The third-order valence-corrected chi connectivity index (χ3v) is 10.8. The Hall–Kier alpha value is -5.97. The number of rotatable bonds is 19. The molecule has 0 bridgehead atoms. The summed E-state index contributed by atoms with van der Waals surface area (Å²) in [4.78, 5) is 87.1. The van der Waals surface area contributed by atoms with E-state index in [1.54, 1.807) is 69.3 Å². The van der Waals surface area contributed by atoms with Crippen LogP contribution in [0.3, 0.4) is 0 Å². The minimum Gasteiger partial charge on any atom is -0.461 e. The summed E-state index contributed by atoms with van der Waals surface area (Å²) in [7, 11) is -5.23. The lowest BCUT2D eigenvalue weighted by Crippen LogP contribution is -2.23. The van der Waals surface area contributed by atoms with Crippen LogP contribution < -0.4 is 32.3 Å². The lowest BCUT2D eigenvalue weighted by Gasteiger charge is -2.18. The molecule has 1 unspecified atom stereocenters. The molecule has 362 valence electrons. The van der Waals surface area contributed by atoms with Crippen LogP contribution in [0.5, 0.6) is 12.0 Å². The molecule has 2 aromatic carbocycles. The number of anilines is 2. The Kier molecular flexibility index (Phi) is 19.3. The van der Waals surface area contributed by atoms with Gasteiger partial charge in [0, 0.05) is 14.2 Å². The quantitative estimate of drug-likeness (QED) is 0.0263. The zero-order chi connectivity index (χ0) is 46.8. The zero-order valence-corrected chi connectivity index (χ0v) is 37.3. The number of H-pyrrole nitrogens is 2. The molecule has 4 aromatic heterocycles. The Morgan fingerprint density at radius 3 is 1.53 bits per heavy atom. The Morgan fingerprint density at radius 2 is 1.12 bits per heavy atom. The van der Waals surface area contributed by atoms with Gasteiger partial charge in [-0.3, -0.25) is 27.6 Å². The maximum atomic E-state index is 12.6. The third-order valence-electron chi connectivity index (χ3n) is 8.79. The van der Waals surface area contributed by atoms with E-state index in [-0.39, 0.29) is 99.5 Å². The van der Waals surface area contributed by atoms with E-state index in [1.807, 2.05) is 0 Å². The van der Waals surface area contributed by atoms with Gasteiger partial charge in [-0.05, 0) is 43.0 Å². The van der Waals surface area contributed by atoms with Gasteiger partial charge in [0.05, 0.1) is 44.0 Å². The van der Waals surface area contributed by atoms with E-state index < -0.39 is 44.7 Å². The topological polar surface area (TPSA) is 346 Å². The first-order chi connectivity index (χ1) is 30.2. The number of aromatic amines is 2. The van der Waals surface area contributed by atoms with Crippen molar-refractivity contribution in [2.24, 2.45) is 5.41 Å². The normalized spacial score (nSPS) is 12.4. The van der Waals surface area contributed by atoms with Gasteiger partial charge in [-0.2, -0.15) is 19.9 Å². The molecule has 0 saturated carbocycles. The number of nitrogens with zero attached hydrogens (tertiary/aromatic N) is 6. The zero-order valence-electron chi connectivity index (χ0n) is 35.5. The van der Waals surface area contributed by atoms with Gasteiger partial charge < -0.3 is 59.8 Å². The van der Waals surface area contributed by atoms with Crippen molar-refractivity contribution >= 4 is 55.1 Å². The lowest BCUT2D eigenvalue weighted by molar-refractivity contribution is -0.159. The van der Waals surface area contributed by atoms with Crippen molar-refractivity contribution in [1.82, 2.24) is 39.0 Å². The highest BCUT2D eigenvalue weighted by Gasteiger charge is 2.26. The van der Waals surface area contributed by atoms with E-state index >= 15 is 0 Å². The number of nitrogens with two attached hydrogens (primary N) is 2. The van der Waals surface area contributed by atoms with Gasteiger partial charge in [0.25, 0.3) is 0 Å². The molecule has 6 rings (SSSR count). The molecular weight excluding hydrogens is 906 g/mol. The molecule has 0 amide bonds. The number of carbonyl (C=O) groups is 1. The van der Waals surface area contributed by atoms with Crippen molar-refractivity contribution in [2.75, 3.05) is 58.9 Å². The minimum atomic E-state index is -4.19. The molecule has 0 aliphatic rings. The van der Waals surface area contributed by atoms with Crippen LogP contribution in [0, 0.1) is 5.41 Å². The summed E-state index contributed by atoms with van der Waals surface area (Å²) in [5.41, 5.74) is 13.6. The second-order valence-corrected chi connectivity index (χ2v) is 18.6. The van der Waals surface area contributed by atoms with Crippen molar-refractivity contribution in [3.63, 3.8) is 0 Å². The summed E-state index contributed by atoms with van der Waals surface area (Å²) in [6, 6.07) is 13.4. The Bertz CT molecular complexity index is 2800. The van der Waals surface area contributed by atoms with Crippen LogP contribution in [0.15, 0.2) is 58.1 Å². The number of carbonyl (C=O) groups excluding carboxylic acids is 1. The number of nitrogens with one attached hydrogen (secondary N) is 2. The largest absolute Gasteiger partial charge is 0.461 e. The molecule has 26 heteroatoms. The third kappa shape index (κ3) is 15.3. The summed E-state index contributed by atoms with van der Waals surface area (Å²) in [6.07, 6.45) is -0.695. The smallest absolute Gasteiger partial charge is 0.335 e. The number of hydrogen-bond acceptors (Lipinski definition) is 17. The fourth-order valence-electron chi connectivity index (χ4n) is 5.83. The number of nitrogen functional groups attached to an aromatic ring is 2.